The Balaban J connectivity index is 1.95. The molecule has 38 heavy (non-hydrogen) atoms. The molecule has 0 atom stereocenters. The number of carbonyl (C=O) groups excluding carboxylic acids is 1. The number of amides is 2. The number of methoxy groups -OCH3 is 2. The summed E-state index contributed by atoms with van der Waals surface area (Å²) in [5.41, 5.74) is 6.88. The van der Waals surface area contributed by atoms with E-state index in [0.717, 1.165) is 39.3 Å². The normalized spacial score (nSPS) is 12.7. The number of hydrogen-bond acceptors (Lipinski definition) is 5. The number of aromatic nitrogens is 2. The van der Waals surface area contributed by atoms with Crippen LogP contribution in [0.1, 0.15) is 36.1 Å². The molecule has 0 bridgehead atoms. The van der Waals surface area contributed by atoms with Crippen molar-refractivity contribution in [1.82, 2.24) is 19.8 Å². The van der Waals surface area contributed by atoms with Crippen LogP contribution in [0.3, 0.4) is 0 Å². The molecule has 0 saturated carbocycles. The largest absolute Gasteiger partial charge is 0.497 e. The molecule has 0 aliphatic carbocycles. The number of urea groups is 1. The molecule has 2 amide bonds. The minimum Gasteiger partial charge on any atom is -0.497 e. The van der Waals surface area contributed by atoms with Crippen LogP contribution in [0.25, 0.3) is 11.3 Å². The summed E-state index contributed by atoms with van der Waals surface area (Å²) in [6, 6.07) is 9.75. The predicted octanol–water partition coefficient (Wildman–Crippen LogP) is 3.76. The molecule has 2 heterocycles. The van der Waals surface area contributed by atoms with Crippen molar-refractivity contribution >= 4 is 11.7 Å². The number of aryl methyl sites for hydroxylation is 4. The number of benzene rings is 2. The van der Waals surface area contributed by atoms with Crippen LogP contribution < -0.4 is 31.3 Å². The van der Waals surface area contributed by atoms with E-state index in [2.05, 4.69) is 29.7 Å². The van der Waals surface area contributed by atoms with Gasteiger partial charge in [0.05, 0.1) is 25.6 Å². The van der Waals surface area contributed by atoms with E-state index in [4.69, 9.17) is 14.5 Å². The Morgan fingerprint density at radius 2 is 1.79 bits per heavy atom. The number of fused-ring (bicyclic) bond motifs is 3. The van der Waals surface area contributed by atoms with Gasteiger partial charge < -0.3 is 20.1 Å². The third-order valence-electron chi connectivity index (χ3n) is 6.68. The van der Waals surface area contributed by atoms with Gasteiger partial charge in [0.25, 0.3) is 0 Å². The topological polar surface area (TPSA) is 98.9 Å². The molecule has 1 aliphatic heterocycles. The van der Waals surface area contributed by atoms with Gasteiger partial charge in [0.1, 0.15) is 5.75 Å². The molecule has 2 aromatic carbocycles. The lowest BCUT2D eigenvalue weighted by molar-refractivity contribution is 0.238. The number of ether oxygens (including phenoxy) is 2. The summed E-state index contributed by atoms with van der Waals surface area (Å²) < 4.78 is 14.8. The first-order valence-corrected chi connectivity index (χ1v) is 12.9. The number of hydrogen-bond donors (Lipinski definition) is 2. The van der Waals surface area contributed by atoms with Crippen molar-refractivity contribution in [2.75, 3.05) is 20.8 Å². The predicted molar refractivity (Wildman–Crippen MR) is 148 cm³/mol. The molecule has 0 saturated heterocycles. The van der Waals surface area contributed by atoms with E-state index in [-0.39, 0.29) is 30.9 Å². The zero-order valence-corrected chi connectivity index (χ0v) is 23.3. The molecular weight excluding hydrogens is 482 g/mol. The zero-order valence-electron chi connectivity index (χ0n) is 23.3. The third-order valence-corrected chi connectivity index (χ3v) is 6.68. The second-order valence-corrected chi connectivity index (χ2v) is 9.98. The highest BCUT2D eigenvalue weighted by Crippen LogP contribution is 2.35. The summed E-state index contributed by atoms with van der Waals surface area (Å²) in [6.07, 6.45) is 0.685. The van der Waals surface area contributed by atoms with Crippen LogP contribution in [0.5, 0.6) is 11.5 Å². The van der Waals surface area contributed by atoms with Gasteiger partial charge in [-0.05, 0) is 75.9 Å². The molecule has 9 heteroatoms. The molecular formula is C29H37N5O4. The maximum atomic E-state index is 14.0. The van der Waals surface area contributed by atoms with Crippen LogP contribution in [0.2, 0.25) is 0 Å². The smallest absolute Gasteiger partial charge is 0.330 e. The molecule has 4 rings (SSSR count). The van der Waals surface area contributed by atoms with Gasteiger partial charge in [0.2, 0.25) is 0 Å². The van der Waals surface area contributed by atoms with Crippen LogP contribution >= 0.6 is 0 Å². The standard InChI is InChI=1S/C29H37N5O4/c1-17(2)31-28(35)30-11-13-34-27(32-24-19(4)14-18(3)15-20(24)5)26(38-7)25-23-9-8-22(37-6)16-21(23)10-12-33(25)29(34)36/h8-9,14-17H,10-13H2,1-7H3,(H2,30,31,35). The van der Waals surface area contributed by atoms with E-state index >= 15 is 0 Å². The van der Waals surface area contributed by atoms with Gasteiger partial charge in [-0.25, -0.2) is 14.6 Å². The summed E-state index contributed by atoms with van der Waals surface area (Å²) in [5, 5.41) is 5.65. The fourth-order valence-corrected chi connectivity index (χ4v) is 5.08. The Morgan fingerprint density at radius 3 is 2.42 bits per heavy atom. The van der Waals surface area contributed by atoms with E-state index in [1.807, 2.05) is 45.9 Å². The first-order valence-electron chi connectivity index (χ1n) is 12.9. The Labute approximate surface area is 223 Å². The Kier molecular flexibility index (Phi) is 7.94. The maximum absolute atomic E-state index is 14.0. The molecule has 1 aromatic heterocycles. The van der Waals surface area contributed by atoms with E-state index in [9.17, 15) is 9.59 Å². The van der Waals surface area contributed by atoms with Gasteiger partial charge >= 0.3 is 11.7 Å². The van der Waals surface area contributed by atoms with Crippen molar-refractivity contribution in [1.29, 1.82) is 0 Å². The van der Waals surface area contributed by atoms with E-state index < -0.39 is 0 Å². The van der Waals surface area contributed by atoms with Crippen LogP contribution in [0.15, 0.2) is 40.1 Å². The fraction of sp³-hybridized carbons (Fsp3) is 0.414. The highest BCUT2D eigenvalue weighted by molar-refractivity contribution is 5.74. The second-order valence-electron chi connectivity index (χ2n) is 9.98. The van der Waals surface area contributed by atoms with Crippen molar-refractivity contribution in [2.24, 2.45) is 4.99 Å². The van der Waals surface area contributed by atoms with Gasteiger partial charge in [-0.15, -0.1) is 0 Å². The summed E-state index contributed by atoms with van der Waals surface area (Å²) in [5.74, 6) is 1.28. The third kappa shape index (κ3) is 5.32. The van der Waals surface area contributed by atoms with E-state index in [1.165, 1.54) is 0 Å². The lowest BCUT2D eigenvalue weighted by Crippen LogP contribution is -2.46. The molecule has 0 fully saturated rings. The SMILES string of the molecule is COc1ccc2c(c1)CCn1c-2c(OC)c(=Nc2c(C)cc(C)cc2C)n(CCNC(=O)NC(C)C)c1=O. The average Bonchev–Trinajstić information content (AvgIpc) is 2.86. The first-order chi connectivity index (χ1) is 18.1. The summed E-state index contributed by atoms with van der Waals surface area (Å²) in [4.78, 5) is 31.2. The van der Waals surface area contributed by atoms with Gasteiger partial charge in [0.15, 0.2) is 11.2 Å². The molecule has 2 N–H and O–H groups in total. The van der Waals surface area contributed by atoms with Crippen molar-refractivity contribution < 1.29 is 14.3 Å². The molecule has 0 spiro atoms. The quantitative estimate of drug-likeness (QED) is 0.497. The average molecular weight is 520 g/mol. The number of nitrogens with one attached hydrogen (secondary N) is 2. The molecule has 0 unspecified atom stereocenters. The van der Waals surface area contributed by atoms with Gasteiger partial charge in [-0.2, -0.15) is 0 Å². The van der Waals surface area contributed by atoms with Crippen LogP contribution in [-0.4, -0.2) is 42.0 Å². The Bertz CT molecular complexity index is 1480. The molecule has 202 valence electrons. The highest BCUT2D eigenvalue weighted by Gasteiger charge is 2.26. The van der Waals surface area contributed by atoms with E-state index in [0.29, 0.717) is 29.9 Å². The molecule has 0 radical (unpaired) electrons. The van der Waals surface area contributed by atoms with Gasteiger partial charge in [-0.3, -0.25) is 9.13 Å². The molecule has 3 aromatic rings. The summed E-state index contributed by atoms with van der Waals surface area (Å²) in [6.45, 7) is 10.9. The number of carbonyl (C=O) groups is 1. The Hall–Kier alpha value is -4.01. The van der Waals surface area contributed by atoms with Crippen LogP contribution in [0, 0.1) is 20.8 Å². The molecule has 1 aliphatic rings. The molecule has 9 nitrogen and oxygen atoms in total. The maximum Gasteiger partial charge on any atom is 0.330 e. The van der Waals surface area contributed by atoms with E-state index in [1.54, 1.807) is 23.4 Å². The van der Waals surface area contributed by atoms with Gasteiger partial charge in [0, 0.05) is 31.2 Å². The lowest BCUT2D eigenvalue weighted by Gasteiger charge is -2.26. The van der Waals surface area contributed by atoms with Crippen molar-refractivity contribution in [3.63, 3.8) is 0 Å². The number of nitrogens with zero attached hydrogens (tertiary/aromatic N) is 3. The minimum atomic E-state index is -0.280. The van der Waals surface area contributed by atoms with Crippen molar-refractivity contribution in [3.8, 4) is 22.8 Å². The zero-order chi connectivity index (χ0) is 27.6. The minimum absolute atomic E-state index is 0.00820. The number of rotatable bonds is 7. The van der Waals surface area contributed by atoms with Crippen molar-refractivity contribution in [3.05, 3.63) is 68.6 Å². The van der Waals surface area contributed by atoms with Crippen LogP contribution in [-0.2, 0) is 19.5 Å². The lowest BCUT2D eigenvalue weighted by atomic mass is 9.97. The summed E-state index contributed by atoms with van der Waals surface area (Å²) in [7, 11) is 3.25. The van der Waals surface area contributed by atoms with Crippen LogP contribution in [0.4, 0.5) is 10.5 Å². The fourth-order valence-electron chi connectivity index (χ4n) is 5.08. The first kappa shape index (κ1) is 27.0. The summed E-state index contributed by atoms with van der Waals surface area (Å²) >= 11 is 0. The van der Waals surface area contributed by atoms with Gasteiger partial charge in [-0.1, -0.05) is 17.7 Å². The van der Waals surface area contributed by atoms with Crippen molar-refractivity contribution in [2.45, 2.75) is 60.2 Å². The monoisotopic (exact) mass is 519 g/mol. The second kappa shape index (κ2) is 11.2. The Morgan fingerprint density at radius 1 is 1.08 bits per heavy atom. The highest BCUT2D eigenvalue weighted by atomic mass is 16.5.